The molecule has 0 spiro atoms. The van der Waals surface area contributed by atoms with Crippen molar-refractivity contribution < 1.29 is 4.74 Å². The number of allylic oxidation sites excluding steroid dienone is 2. The Bertz CT molecular complexity index is 555. The van der Waals surface area contributed by atoms with E-state index in [-0.39, 0.29) is 0 Å². The predicted molar refractivity (Wildman–Crippen MR) is 96.3 cm³/mol. The Kier molecular flexibility index (Phi) is 4.38. The molecule has 1 aromatic rings. The summed E-state index contributed by atoms with van der Waals surface area (Å²) in [6.45, 7) is 12.0. The molecule has 0 N–H and O–H groups in total. The molecule has 0 atom stereocenters. The molecular formula is C17H26BNOSi. The summed E-state index contributed by atoms with van der Waals surface area (Å²) in [5, 5.41) is 0.347. The summed E-state index contributed by atoms with van der Waals surface area (Å²) in [4.78, 5) is 0. The Hall–Kier alpha value is -1.42. The first kappa shape index (κ1) is 16.0. The normalized spacial score (nSPS) is 15.5. The van der Waals surface area contributed by atoms with Crippen LogP contribution < -0.4 is 4.74 Å². The third kappa shape index (κ3) is 3.26. The third-order valence-corrected chi connectivity index (χ3v) is 10.3. The molecule has 0 aromatic heterocycles. The largest absolute Gasteiger partial charge is 0.497 e. The summed E-state index contributed by atoms with van der Waals surface area (Å²) >= 11 is 0. The van der Waals surface area contributed by atoms with Crippen molar-refractivity contribution in [3.05, 3.63) is 48.2 Å². The summed E-state index contributed by atoms with van der Waals surface area (Å²) in [6.07, 6.45) is 6.68. The molecule has 0 aliphatic carbocycles. The van der Waals surface area contributed by atoms with Crippen molar-refractivity contribution in [1.82, 2.24) is 4.48 Å². The first-order chi connectivity index (χ1) is 9.75. The predicted octanol–water partition coefficient (Wildman–Crippen LogP) is 4.22. The van der Waals surface area contributed by atoms with E-state index in [1.807, 2.05) is 12.1 Å². The van der Waals surface area contributed by atoms with Gasteiger partial charge in [0.1, 0.15) is 14.0 Å². The Morgan fingerprint density at radius 2 is 1.71 bits per heavy atom. The highest BCUT2D eigenvalue weighted by atomic mass is 28.3. The van der Waals surface area contributed by atoms with Crippen LogP contribution in [0.4, 0.5) is 0 Å². The molecule has 2 rings (SSSR count). The van der Waals surface area contributed by atoms with Gasteiger partial charge < -0.3 is 9.21 Å². The van der Waals surface area contributed by atoms with E-state index in [0.717, 1.165) is 13.2 Å². The standard InChI is InChI=1S/C17H26BNOSi/c1-17(2,3)21(5,6)19-13-7-8-16(18-19)14-9-11-15(20-4)12-10-14/h7-13,18H,1-6H3. The van der Waals surface area contributed by atoms with Crippen molar-refractivity contribution in [1.29, 1.82) is 0 Å². The van der Waals surface area contributed by atoms with Crippen molar-refractivity contribution in [2.75, 3.05) is 7.11 Å². The molecule has 4 heteroatoms. The zero-order valence-corrected chi connectivity index (χ0v) is 15.1. The van der Waals surface area contributed by atoms with Gasteiger partial charge in [0.2, 0.25) is 0 Å². The molecule has 0 fully saturated rings. The minimum Gasteiger partial charge on any atom is -0.497 e. The van der Waals surface area contributed by atoms with Crippen molar-refractivity contribution in [3.8, 4) is 5.75 Å². The molecule has 0 saturated heterocycles. The summed E-state index contributed by atoms with van der Waals surface area (Å²) in [5.41, 5.74) is 2.66. The molecule has 1 heterocycles. The molecule has 1 aliphatic heterocycles. The Morgan fingerprint density at radius 3 is 2.24 bits per heavy atom. The number of nitrogens with zero attached hydrogens (tertiary/aromatic N) is 1. The second kappa shape index (κ2) is 5.76. The quantitative estimate of drug-likeness (QED) is 0.775. The van der Waals surface area contributed by atoms with E-state index in [1.165, 1.54) is 11.0 Å². The van der Waals surface area contributed by atoms with E-state index < -0.39 is 8.24 Å². The molecule has 21 heavy (non-hydrogen) atoms. The molecule has 0 radical (unpaired) electrons. The van der Waals surface area contributed by atoms with Crippen LogP contribution >= 0.6 is 0 Å². The first-order valence-corrected chi connectivity index (χ1v) is 10.5. The van der Waals surface area contributed by atoms with Crippen LogP contribution in [0, 0.1) is 0 Å². The van der Waals surface area contributed by atoms with E-state index in [4.69, 9.17) is 4.74 Å². The topological polar surface area (TPSA) is 12.5 Å². The Morgan fingerprint density at radius 1 is 1.10 bits per heavy atom. The number of methoxy groups -OCH3 is 1. The van der Waals surface area contributed by atoms with E-state index in [1.54, 1.807) is 7.11 Å². The zero-order chi connectivity index (χ0) is 15.7. The van der Waals surface area contributed by atoms with Gasteiger partial charge in [-0.05, 0) is 35.0 Å². The van der Waals surface area contributed by atoms with Gasteiger partial charge in [0, 0.05) is 0 Å². The van der Waals surface area contributed by atoms with Crippen molar-refractivity contribution >= 4 is 21.1 Å². The van der Waals surface area contributed by atoms with Crippen molar-refractivity contribution in [3.63, 3.8) is 0 Å². The molecule has 0 amide bonds. The van der Waals surface area contributed by atoms with Gasteiger partial charge in [-0.25, -0.2) is 0 Å². The number of ether oxygens (including phenoxy) is 1. The monoisotopic (exact) mass is 299 g/mol. The highest BCUT2D eigenvalue weighted by molar-refractivity contribution is 6.86. The number of benzene rings is 1. The van der Waals surface area contributed by atoms with Crippen LogP contribution in [0.3, 0.4) is 0 Å². The van der Waals surface area contributed by atoms with Crippen LogP contribution in [0.15, 0.2) is 42.6 Å². The third-order valence-electron chi connectivity index (χ3n) is 4.92. The van der Waals surface area contributed by atoms with Crippen LogP contribution in [0.1, 0.15) is 26.3 Å². The molecule has 1 aliphatic rings. The van der Waals surface area contributed by atoms with E-state index >= 15 is 0 Å². The summed E-state index contributed by atoms with van der Waals surface area (Å²) < 4.78 is 7.82. The van der Waals surface area contributed by atoms with Gasteiger partial charge in [-0.15, -0.1) is 0 Å². The molecule has 112 valence electrons. The van der Waals surface area contributed by atoms with Crippen molar-refractivity contribution in [2.24, 2.45) is 0 Å². The average molecular weight is 299 g/mol. The average Bonchev–Trinajstić information content (AvgIpc) is 2.46. The second-order valence-corrected chi connectivity index (χ2v) is 12.4. The van der Waals surface area contributed by atoms with E-state index in [9.17, 15) is 0 Å². The number of hydrogen-bond donors (Lipinski definition) is 0. The molecule has 2 nitrogen and oxygen atoms in total. The van der Waals surface area contributed by atoms with Crippen LogP contribution in [0.25, 0.3) is 5.47 Å². The summed E-state index contributed by atoms with van der Waals surface area (Å²) in [5.74, 6) is 0.909. The molecular weight excluding hydrogens is 273 g/mol. The maximum absolute atomic E-state index is 5.24. The SMILES string of the molecule is COc1ccc(C2=CC=CN([Si](C)(C)C(C)(C)C)B2)cc1. The van der Waals surface area contributed by atoms with Crippen molar-refractivity contribution in [2.45, 2.75) is 38.9 Å². The second-order valence-electron chi connectivity index (χ2n) is 7.20. The first-order valence-electron chi connectivity index (χ1n) is 7.54. The van der Waals surface area contributed by atoms with Crippen LogP contribution in [-0.4, -0.2) is 27.2 Å². The summed E-state index contributed by atoms with van der Waals surface area (Å²) in [6, 6.07) is 8.36. The van der Waals surface area contributed by atoms with Gasteiger partial charge in [0.25, 0.3) is 7.41 Å². The molecule has 0 bridgehead atoms. The van der Waals surface area contributed by atoms with E-state index in [0.29, 0.717) is 5.04 Å². The van der Waals surface area contributed by atoms with Gasteiger partial charge in [0.15, 0.2) is 0 Å². The summed E-state index contributed by atoms with van der Waals surface area (Å²) in [7, 11) is 1.19. The fourth-order valence-electron chi connectivity index (χ4n) is 2.36. The zero-order valence-electron chi connectivity index (χ0n) is 14.1. The van der Waals surface area contributed by atoms with Gasteiger partial charge in [-0.1, -0.05) is 57.5 Å². The van der Waals surface area contributed by atoms with Gasteiger partial charge in [0.05, 0.1) is 7.11 Å². The Balaban J connectivity index is 2.21. The molecule has 0 unspecified atom stereocenters. The van der Waals surface area contributed by atoms with Gasteiger partial charge in [-0.2, -0.15) is 0 Å². The highest BCUT2D eigenvalue weighted by Gasteiger charge is 2.40. The van der Waals surface area contributed by atoms with Gasteiger partial charge in [-0.3, -0.25) is 0 Å². The fraction of sp³-hybridized carbons (Fsp3) is 0.412. The minimum atomic E-state index is -1.52. The number of rotatable bonds is 3. The van der Waals surface area contributed by atoms with Gasteiger partial charge >= 0.3 is 0 Å². The molecule has 0 saturated carbocycles. The lowest BCUT2D eigenvalue weighted by Crippen LogP contribution is -2.54. The smallest absolute Gasteiger partial charge is 0.261 e. The van der Waals surface area contributed by atoms with Crippen LogP contribution in [0.2, 0.25) is 18.1 Å². The number of hydrogen-bond acceptors (Lipinski definition) is 2. The maximum Gasteiger partial charge on any atom is 0.261 e. The minimum absolute atomic E-state index is 0.347. The lowest BCUT2D eigenvalue weighted by Gasteiger charge is -2.47. The lowest BCUT2D eigenvalue weighted by molar-refractivity contribution is 0.415. The Labute approximate surface area is 130 Å². The lowest BCUT2D eigenvalue weighted by atomic mass is 9.76. The van der Waals surface area contributed by atoms with Crippen LogP contribution in [-0.2, 0) is 0 Å². The molecule has 1 aromatic carbocycles. The van der Waals surface area contributed by atoms with Crippen LogP contribution in [0.5, 0.6) is 5.75 Å². The highest BCUT2D eigenvalue weighted by Crippen LogP contribution is 2.39. The van der Waals surface area contributed by atoms with E-state index in [2.05, 4.69) is 68.8 Å². The fourth-order valence-corrected chi connectivity index (χ4v) is 4.25. The maximum atomic E-state index is 5.24.